The Morgan fingerprint density at radius 2 is 2.00 bits per heavy atom. The van der Waals surface area contributed by atoms with Gasteiger partial charge in [0, 0.05) is 18.3 Å². The summed E-state index contributed by atoms with van der Waals surface area (Å²) in [5, 5.41) is 0. The Morgan fingerprint density at radius 1 is 1.32 bits per heavy atom. The average molecular weight is 262 g/mol. The topological polar surface area (TPSA) is 38.5 Å². The van der Waals surface area contributed by atoms with Crippen molar-refractivity contribution in [1.29, 1.82) is 0 Å². The van der Waals surface area contributed by atoms with Gasteiger partial charge in [0.2, 0.25) is 0 Å². The molecule has 3 heteroatoms. The van der Waals surface area contributed by atoms with Crippen LogP contribution < -0.4 is 5.73 Å². The molecule has 1 aliphatic rings. The fourth-order valence-electron chi connectivity index (χ4n) is 3.31. The fraction of sp³-hybridized carbons (Fsp3) is 0.625. The zero-order valence-electron chi connectivity index (χ0n) is 12.7. The van der Waals surface area contributed by atoms with Crippen molar-refractivity contribution in [2.45, 2.75) is 57.9 Å². The maximum atomic E-state index is 6.16. The molecule has 0 spiro atoms. The monoisotopic (exact) mass is 262 g/mol. The summed E-state index contributed by atoms with van der Waals surface area (Å²) in [5.74, 6) is 0. The Balaban J connectivity index is 2.10. The second-order valence-electron chi connectivity index (χ2n) is 6.85. The highest BCUT2D eigenvalue weighted by atomic mass is 16.5. The highest BCUT2D eigenvalue weighted by Gasteiger charge is 2.47. The molecule has 1 aromatic rings. The summed E-state index contributed by atoms with van der Waals surface area (Å²) in [4.78, 5) is 2.38. The molecule has 0 saturated carbocycles. The van der Waals surface area contributed by atoms with Crippen molar-refractivity contribution in [3.05, 3.63) is 29.8 Å². The van der Waals surface area contributed by atoms with Crippen molar-refractivity contribution in [3.63, 3.8) is 0 Å². The lowest BCUT2D eigenvalue weighted by molar-refractivity contribution is -0.0791. The van der Waals surface area contributed by atoms with Gasteiger partial charge in [-0.1, -0.05) is 12.1 Å². The first-order valence-electron chi connectivity index (χ1n) is 6.94. The van der Waals surface area contributed by atoms with Crippen molar-refractivity contribution in [2.75, 3.05) is 12.8 Å². The zero-order chi connectivity index (χ0) is 14.3. The predicted octanol–water partition coefficient (Wildman–Crippen LogP) is 3.05. The van der Waals surface area contributed by atoms with Gasteiger partial charge in [-0.3, -0.25) is 4.90 Å². The summed E-state index contributed by atoms with van der Waals surface area (Å²) in [6.45, 7) is 9.61. The van der Waals surface area contributed by atoms with Gasteiger partial charge in [-0.25, -0.2) is 0 Å². The van der Waals surface area contributed by atoms with Gasteiger partial charge in [0.15, 0.2) is 0 Å². The SMILES string of the molecule is CN(Cc1cccc(N)c1)C1CC(C)(C)OC1(C)C. The Morgan fingerprint density at radius 3 is 2.53 bits per heavy atom. The maximum absolute atomic E-state index is 6.16. The number of nitrogen functional groups attached to an aromatic ring is 1. The lowest BCUT2D eigenvalue weighted by Crippen LogP contribution is -2.44. The standard InChI is InChI=1S/C16H26N2O/c1-15(2)10-14(16(3,4)19-15)18(5)11-12-7-6-8-13(17)9-12/h6-9,14H,10-11,17H2,1-5H3. The van der Waals surface area contributed by atoms with E-state index in [9.17, 15) is 0 Å². The molecule has 19 heavy (non-hydrogen) atoms. The summed E-state index contributed by atoms with van der Waals surface area (Å²) in [6.07, 6.45) is 1.05. The van der Waals surface area contributed by atoms with E-state index in [1.165, 1.54) is 5.56 Å². The first-order valence-corrected chi connectivity index (χ1v) is 6.94. The number of hydrogen-bond donors (Lipinski definition) is 1. The van der Waals surface area contributed by atoms with Gasteiger partial charge >= 0.3 is 0 Å². The molecule has 0 bridgehead atoms. The summed E-state index contributed by atoms with van der Waals surface area (Å²) >= 11 is 0. The van der Waals surface area contributed by atoms with Gasteiger partial charge in [-0.05, 0) is 58.9 Å². The highest BCUT2D eigenvalue weighted by Crippen LogP contribution is 2.40. The summed E-state index contributed by atoms with van der Waals surface area (Å²) < 4.78 is 6.16. The predicted molar refractivity (Wildman–Crippen MR) is 80.0 cm³/mol. The third-order valence-electron chi connectivity index (χ3n) is 3.94. The zero-order valence-corrected chi connectivity index (χ0v) is 12.7. The van der Waals surface area contributed by atoms with Gasteiger partial charge < -0.3 is 10.5 Å². The molecular formula is C16H26N2O. The maximum Gasteiger partial charge on any atom is 0.0789 e. The lowest BCUT2D eigenvalue weighted by atomic mass is 9.93. The van der Waals surface area contributed by atoms with Gasteiger partial charge in [-0.2, -0.15) is 0 Å². The van der Waals surface area contributed by atoms with E-state index in [0.29, 0.717) is 6.04 Å². The molecular weight excluding hydrogens is 236 g/mol. The minimum Gasteiger partial charge on any atom is -0.399 e. The number of hydrogen-bond acceptors (Lipinski definition) is 3. The number of anilines is 1. The highest BCUT2D eigenvalue weighted by molar-refractivity contribution is 5.40. The van der Waals surface area contributed by atoms with E-state index in [0.717, 1.165) is 18.7 Å². The largest absolute Gasteiger partial charge is 0.399 e. The van der Waals surface area contributed by atoms with Crippen LogP contribution in [0.2, 0.25) is 0 Å². The van der Waals surface area contributed by atoms with Gasteiger partial charge in [0.25, 0.3) is 0 Å². The third-order valence-corrected chi connectivity index (χ3v) is 3.94. The van der Waals surface area contributed by atoms with E-state index < -0.39 is 0 Å². The van der Waals surface area contributed by atoms with Crippen LogP contribution in [-0.4, -0.2) is 29.2 Å². The van der Waals surface area contributed by atoms with Crippen LogP contribution in [0, 0.1) is 0 Å². The summed E-state index contributed by atoms with van der Waals surface area (Å²) in [7, 11) is 2.17. The molecule has 0 radical (unpaired) electrons. The van der Waals surface area contributed by atoms with Crippen LogP contribution in [0.5, 0.6) is 0 Å². The number of nitrogens with two attached hydrogens (primary N) is 1. The van der Waals surface area contributed by atoms with Crippen LogP contribution in [0.25, 0.3) is 0 Å². The number of likely N-dealkylation sites (N-methyl/N-ethyl adjacent to an activating group) is 1. The van der Waals surface area contributed by atoms with E-state index in [1.54, 1.807) is 0 Å². The molecule has 1 heterocycles. The quantitative estimate of drug-likeness (QED) is 0.851. The molecule has 3 nitrogen and oxygen atoms in total. The van der Waals surface area contributed by atoms with Crippen molar-refractivity contribution >= 4 is 5.69 Å². The number of rotatable bonds is 3. The van der Waals surface area contributed by atoms with Crippen LogP contribution in [0.3, 0.4) is 0 Å². The van der Waals surface area contributed by atoms with Crippen LogP contribution in [-0.2, 0) is 11.3 Å². The smallest absolute Gasteiger partial charge is 0.0789 e. The molecule has 2 N–H and O–H groups in total. The first-order chi connectivity index (χ1) is 8.70. The fourth-order valence-corrected chi connectivity index (χ4v) is 3.31. The second-order valence-corrected chi connectivity index (χ2v) is 6.85. The van der Waals surface area contributed by atoms with Gasteiger partial charge in [-0.15, -0.1) is 0 Å². The molecule has 1 unspecified atom stereocenters. The van der Waals surface area contributed by atoms with E-state index in [4.69, 9.17) is 10.5 Å². The molecule has 2 rings (SSSR count). The molecule has 1 aromatic carbocycles. The third kappa shape index (κ3) is 3.28. The summed E-state index contributed by atoms with van der Waals surface area (Å²) in [6, 6.07) is 8.53. The van der Waals surface area contributed by atoms with Crippen molar-refractivity contribution in [2.24, 2.45) is 0 Å². The Bertz CT molecular complexity index is 454. The molecule has 1 atom stereocenters. The van der Waals surface area contributed by atoms with Crippen molar-refractivity contribution in [1.82, 2.24) is 4.90 Å². The Kier molecular flexibility index (Phi) is 3.63. The molecule has 1 fully saturated rings. The van der Waals surface area contributed by atoms with Crippen LogP contribution in [0.1, 0.15) is 39.7 Å². The minimum absolute atomic E-state index is 0.0435. The molecule has 1 saturated heterocycles. The Labute approximate surface area is 116 Å². The summed E-state index contributed by atoms with van der Waals surface area (Å²) in [5.41, 5.74) is 7.76. The Hall–Kier alpha value is -1.06. The van der Waals surface area contributed by atoms with E-state index in [1.807, 2.05) is 18.2 Å². The lowest BCUT2D eigenvalue weighted by Gasteiger charge is -2.33. The number of ether oxygens (including phenoxy) is 1. The second kappa shape index (κ2) is 4.80. The normalized spacial score (nSPS) is 24.8. The average Bonchev–Trinajstić information content (AvgIpc) is 2.46. The van der Waals surface area contributed by atoms with Gasteiger partial charge in [0.05, 0.1) is 11.2 Å². The van der Waals surface area contributed by atoms with E-state index in [-0.39, 0.29) is 11.2 Å². The van der Waals surface area contributed by atoms with E-state index in [2.05, 4.69) is 45.7 Å². The molecule has 1 aliphatic heterocycles. The van der Waals surface area contributed by atoms with Crippen molar-refractivity contribution in [3.8, 4) is 0 Å². The van der Waals surface area contributed by atoms with Crippen LogP contribution in [0.4, 0.5) is 5.69 Å². The van der Waals surface area contributed by atoms with Gasteiger partial charge in [0.1, 0.15) is 0 Å². The molecule has 106 valence electrons. The molecule has 0 amide bonds. The number of nitrogens with zero attached hydrogens (tertiary/aromatic N) is 1. The van der Waals surface area contributed by atoms with E-state index >= 15 is 0 Å². The van der Waals surface area contributed by atoms with Crippen molar-refractivity contribution < 1.29 is 4.74 Å². The molecule has 0 aromatic heterocycles. The first kappa shape index (κ1) is 14.4. The molecule has 0 aliphatic carbocycles. The minimum atomic E-state index is -0.113. The van der Waals surface area contributed by atoms with Crippen LogP contribution >= 0.6 is 0 Å². The number of benzene rings is 1. The van der Waals surface area contributed by atoms with Crippen LogP contribution in [0.15, 0.2) is 24.3 Å².